The number of hydrogen-bond donors (Lipinski definition) is 0. The monoisotopic (exact) mass is 304 g/mol. The quantitative estimate of drug-likeness (QED) is 0.728. The summed E-state index contributed by atoms with van der Waals surface area (Å²) in [5.74, 6) is 0.429. The van der Waals surface area contributed by atoms with Crippen molar-refractivity contribution >= 4 is 32.9 Å². The summed E-state index contributed by atoms with van der Waals surface area (Å²) in [5.41, 5.74) is 1.10. The summed E-state index contributed by atoms with van der Waals surface area (Å²) in [4.78, 5) is 20.3. The second kappa shape index (κ2) is 5.14. The van der Waals surface area contributed by atoms with Gasteiger partial charge in [-0.05, 0) is 25.0 Å². The van der Waals surface area contributed by atoms with Gasteiger partial charge in [0.15, 0.2) is 0 Å². The fraction of sp³-hybridized carbons (Fsp3) is 0.333. The van der Waals surface area contributed by atoms with Crippen LogP contribution >= 0.6 is 22.7 Å². The molecule has 5 heteroatoms. The van der Waals surface area contributed by atoms with Gasteiger partial charge in [-0.3, -0.25) is 9.36 Å². The Morgan fingerprint density at radius 1 is 1.35 bits per heavy atom. The third kappa shape index (κ3) is 2.31. The summed E-state index contributed by atoms with van der Waals surface area (Å²) in [6, 6.07) is 4.17. The zero-order valence-corrected chi connectivity index (χ0v) is 13.3. The number of aryl methyl sites for hydroxylation is 1. The van der Waals surface area contributed by atoms with Crippen molar-refractivity contribution in [2.45, 2.75) is 27.3 Å². The summed E-state index contributed by atoms with van der Waals surface area (Å²) < 4.78 is 1.73. The Morgan fingerprint density at radius 3 is 2.80 bits per heavy atom. The van der Waals surface area contributed by atoms with E-state index in [-0.39, 0.29) is 5.56 Å². The Bertz CT molecular complexity index is 811. The number of thiophene rings is 2. The van der Waals surface area contributed by atoms with Gasteiger partial charge in [0.25, 0.3) is 5.56 Å². The molecule has 0 N–H and O–H groups in total. The Kier molecular flexibility index (Phi) is 3.48. The highest BCUT2D eigenvalue weighted by atomic mass is 32.1. The lowest BCUT2D eigenvalue weighted by Gasteiger charge is -2.08. The first-order chi connectivity index (χ1) is 9.56. The molecule has 0 fully saturated rings. The molecule has 0 amide bonds. The molecule has 3 heterocycles. The molecule has 0 aromatic carbocycles. The molecule has 0 bridgehead atoms. The predicted octanol–water partition coefficient (Wildman–Crippen LogP) is 4.15. The van der Waals surface area contributed by atoms with Gasteiger partial charge in [0.05, 0.1) is 11.7 Å². The average Bonchev–Trinajstić information content (AvgIpc) is 2.98. The van der Waals surface area contributed by atoms with Gasteiger partial charge in [-0.15, -0.1) is 22.7 Å². The SMILES string of the molecule is Cc1ccc(-c2csc3ncn(CC(C)C)c(=O)c23)s1. The van der Waals surface area contributed by atoms with Crippen LogP contribution in [0.2, 0.25) is 0 Å². The first kappa shape index (κ1) is 13.5. The van der Waals surface area contributed by atoms with Crippen LogP contribution in [0, 0.1) is 12.8 Å². The van der Waals surface area contributed by atoms with Crippen LogP contribution in [0.5, 0.6) is 0 Å². The van der Waals surface area contributed by atoms with E-state index in [0.29, 0.717) is 12.5 Å². The summed E-state index contributed by atoms with van der Waals surface area (Å²) >= 11 is 3.26. The fourth-order valence-corrected chi connectivity index (χ4v) is 4.11. The van der Waals surface area contributed by atoms with Gasteiger partial charge in [0, 0.05) is 27.2 Å². The van der Waals surface area contributed by atoms with Gasteiger partial charge < -0.3 is 0 Å². The first-order valence-corrected chi connectivity index (χ1v) is 8.29. The first-order valence-electron chi connectivity index (χ1n) is 6.59. The lowest BCUT2D eigenvalue weighted by Crippen LogP contribution is -2.22. The van der Waals surface area contributed by atoms with Gasteiger partial charge in [0.2, 0.25) is 0 Å². The number of nitrogens with zero attached hydrogens (tertiary/aromatic N) is 2. The Balaban J connectivity index is 2.22. The highest BCUT2D eigenvalue weighted by molar-refractivity contribution is 7.19. The molecule has 0 aliphatic heterocycles. The third-order valence-corrected chi connectivity index (χ3v) is 5.05. The van der Waals surface area contributed by atoms with Gasteiger partial charge in [-0.2, -0.15) is 0 Å². The van der Waals surface area contributed by atoms with Crippen molar-refractivity contribution in [2.75, 3.05) is 0 Å². The van der Waals surface area contributed by atoms with Gasteiger partial charge >= 0.3 is 0 Å². The minimum Gasteiger partial charge on any atom is -0.298 e. The zero-order valence-electron chi connectivity index (χ0n) is 11.7. The molecule has 104 valence electrons. The van der Waals surface area contributed by atoms with Crippen LogP contribution in [0.4, 0.5) is 0 Å². The van der Waals surface area contributed by atoms with Crippen LogP contribution in [0.15, 0.2) is 28.6 Å². The number of fused-ring (bicyclic) bond motifs is 1. The minimum atomic E-state index is 0.0750. The Labute approximate surface area is 125 Å². The van der Waals surface area contributed by atoms with E-state index in [1.807, 2.05) is 5.38 Å². The lowest BCUT2D eigenvalue weighted by atomic mass is 10.2. The second-order valence-electron chi connectivity index (χ2n) is 5.34. The molecule has 3 aromatic rings. The summed E-state index contributed by atoms with van der Waals surface area (Å²) in [7, 11) is 0. The summed E-state index contributed by atoms with van der Waals surface area (Å²) in [6.45, 7) is 7.00. The number of hydrogen-bond acceptors (Lipinski definition) is 4. The van der Waals surface area contributed by atoms with E-state index in [2.05, 4.69) is 37.9 Å². The maximum absolute atomic E-state index is 12.7. The van der Waals surface area contributed by atoms with Gasteiger partial charge in [-0.25, -0.2) is 4.98 Å². The number of aromatic nitrogens is 2. The molecule has 0 aliphatic carbocycles. The van der Waals surface area contributed by atoms with Crippen LogP contribution < -0.4 is 5.56 Å². The molecule has 3 nitrogen and oxygen atoms in total. The molecule has 3 rings (SSSR count). The predicted molar refractivity (Wildman–Crippen MR) is 86.8 cm³/mol. The highest BCUT2D eigenvalue weighted by Crippen LogP contribution is 2.34. The van der Waals surface area contributed by atoms with Crippen molar-refractivity contribution in [3.63, 3.8) is 0 Å². The van der Waals surface area contributed by atoms with Crippen molar-refractivity contribution in [3.8, 4) is 10.4 Å². The molecule has 20 heavy (non-hydrogen) atoms. The molecular weight excluding hydrogens is 288 g/mol. The van der Waals surface area contributed by atoms with E-state index < -0.39 is 0 Å². The molecule has 0 spiro atoms. The van der Waals surface area contributed by atoms with Crippen molar-refractivity contribution in [3.05, 3.63) is 39.1 Å². The molecule has 0 atom stereocenters. The fourth-order valence-electron chi connectivity index (χ4n) is 2.25. The average molecular weight is 304 g/mol. The summed E-state index contributed by atoms with van der Waals surface area (Å²) in [5, 5.41) is 2.81. The highest BCUT2D eigenvalue weighted by Gasteiger charge is 2.14. The van der Waals surface area contributed by atoms with E-state index >= 15 is 0 Å². The Morgan fingerprint density at radius 2 is 2.15 bits per heavy atom. The molecule has 0 saturated carbocycles. The summed E-state index contributed by atoms with van der Waals surface area (Å²) in [6.07, 6.45) is 1.67. The minimum absolute atomic E-state index is 0.0750. The van der Waals surface area contributed by atoms with Crippen LogP contribution in [-0.4, -0.2) is 9.55 Å². The van der Waals surface area contributed by atoms with Crippen molar-refractivity contribution in [2.24, 2.45) is 5.92 Å². The van der Waals surface area contributed by atoms with E-state index in [0.717, 1.165) is 20.7 Å². The number of rotatable bonds is 3. The topological polar surface area (TPSA) is 34.9 Å². The smallest absolute Gasteiger partial charge is 0.262 e. The van der Waals surface area contributed by atoms with E-state index in [1.54, 1.807) is 33.6 Å². The van der Waals surface area contributed by atoms with Crippen molar-refractivity contribution in [1.29, 1.82) is 0 Å². The van der Waals surface area contributed by atoms with Gasteiger partial charge in [-0.1, -0.05) is 13.8 Å². The molecular formula is C15H16N2OS2. The van der Waals surface area contributed by atoms with Crippen molar-refractivity contribution < 1.29 is 0 Å². The van der Waals surface area contributed by atoms with Crippen molar-refractivity contribution in [1.82, 2.24) is 9.55 Å². The van der Waals surface area contributed by atoms with E-state index in [9.17, 15) is 4.79 Å². The third-order valence-electron chi connectivity index (χ3n) is 3.13. The molecule has 0 aliphatic rings. The molecule has 0 radical (unpaired) electrons. The molecule has 0 unspecified atom stereocenters. The van der Waals surface area contributed by atoms with E-state index in [4.69, 9.17) is 0 Å². The van der Waals surface area contributed by atoms with Gasteiger partial charge in [0.1, 0.15) is 4.83 Å². The maximum atomic E-state index is 12.7. The largest absolute Gasteiger partial charge is 0.298 e. The lowest BCUT2D eigenvalue weighted by molar-refractivity contribution is 0.508. The second-order valence-corrected chi connectivity index (χ2v) is 7.48. The van der Waals surface area contributed by atoms with E-state index in [1.165, 1.54) is 4.88 Å². The molecule has 0 saturated heterocycles. The van der Waals surface area contributed by atoms with Crippen LogP contribution in [0.1, 0.15) is 18.7 Å². The Hall–Kier alpha value is -1.46. The normalized spacial score (nSPS) is 11.6. The van der Waals surface area contributed by atoms with Crippen LogP contribution in [0.25, 0.3) is 20.7 Å². The maximum Gasteiger partial charge on any atom is 0.262 e. The molecule has 3 aromatic heterocycles. The zero-order chi connectivity index (χ0) is 14.3. The van der Waals surface area contributed by atoms with Crippen LogP contribution in [-0.2, 0) is 6.54 Å². The standard InChI is InChI=1S/C15H16N2OS2/c1-9(2)6-17-8-16-14-13(15(17)18)11(7-19-14)12-5-4-10(3)20-12/h4-5,7-9H,6H2,1-3H3. The van der Waals surface area contributed by atoms with Crippen LogP contribution in [0.3, 0.4) is 0 Å².